The van der Waals surface area contributed by atoms with E-state index in [9.17, 15) is 23.2 Å². The number of ketones is 1. The van der Waals surface area contributed by atoms with Crippen molar-refractivity contribution in [3.8, 4) is 0 Å². The summed E-state index contributed by atoms with van der Waals surface area (Å²) < 4.78 is 41.4. The average molecular weight is 441 g/mol. The summed E-state index contributed by atoms with van der Waals surface area (Å²) in [4.78, 5) is 17.8. The first-order valence-electron chi connectivity index (χ1n) is 8.54. The highest BCUT2D eigenvalue weighted by Gasteiger charge is 2.47. The van der Waals surface area contributed by atoms with E-state index in [1.165, 1.54) is 23.5 Å². The highest BCUT2D eigenvalue weighted by Crippen LogP contribution is 2.36. The predicted octanol–water partition coefficient (Wildman–Crippen LogP) is 4.47. The Balaban J connectivity index is 1.79. The maximum absolute atomic E-state index is 13.2. The first kappa shape index (κ1) is 20.0. The minimum Gasteiger partial charge on any atom is -0.307 e. The number of hydrogen-bond acceptors (Lipinski definition) is 5. The van der Waals surface area contributed by atoms with E-state index in [-0.39, 0.29) is 12.0 Å². The maximum Gasteiger partial charge on any atom is 0.416 e. The second-order valence-corrected chi connectivity index (χ2v) is 8.22. The molecule has 1 aromatic carbocycles. The van der Waals surface area contributed by atoms with Crippen LogP contribution in [0.3, 0.4) is 0 Å². The summed E-state index contributed by atoms with van der Waals surface area (Å²) in [5.41, 5.74) is -0.524. The number of Topliss-reactive ketones (excluding diaryl/α,β-unsaturated/α-hetero) is 1. The topological polar surface area (TPSA) is 57.3 Å². The van der Waals surface area contributed by atoms with Crippen LogP contribution in [0.4, 0.5) is 13.2 Å². The van der Waals surface area contributed by atoms with Gasteiger partial charge >= 0.3 is 6.18 Å². The van der Waals surface area contributed by atoms with Crippen molar-refractivity contribution in [1.29, 1.82) is 0 Å². The van der Waals surface area contributed by atoms with Crippen LogP contribution in [0.1, 0.15) is 38.7 Å². The minimum absolute atomic E-state index is 0.0646. The molecular weight excluding hydrogens is 427 g/mol. The first-order valence-corrected chi connectivity index (χ1v) is 9.74. The fourth-order valence-corrected chi connectivity index (χ4v) is 4.43. The number of carbonyl (C=O) groups is 1. The largest absolute Gasteiger partial charge is 0.416 e. The molecule has 1 N–H and O–H groups in total. The molecule has 29 heavy (non-hydrogen) atoms. The summed E-state index contributed by atoms with van der Waals surface area (Å²) in [6.07, 6.45) is -1.80. The van der Waals surface area contributed by atoms with Crippen molar-refractivity contribution in [2.45, 2.75) is 24.8 Å². The van der Waals surface area contributed by atoms with Crippen LogP contribution in [0, 0.1) is 0 Å². The Labute approximate surface area is 172 Å². The number of hydrogen-bond donors (Lipinski definition) is 1. The Bertz CT molecular complexity index is 1070. The molecular formula is C19H14ClF3N3O2S+. The van der Waals surface area contributed by atoms with Crippen LogP contribution in [-0.2, 0) is 12.6 Å². The third-order valence-corrected chi connectivity index (χ3v) is 5.86. The zero-order chi connectivity index (χ0) is 20.8. The molecule has 10 heteroatoms. The van der Waals surface area contributed by atoms with Crippen molar-refractivity contribution in [2.75, 3.05) is 0 Å². The van der Waals surface area contributed by atoms with Crippen LogP contribution in [0.15, 0.2) is 54.9 Å². The van der Waals surface area contributed by atoms with Gasteiger partial charge in [-0.1, -0.05) is 23.7 Å². The number of halogens is 4. The summed E-state index contributed by atoms with van der Waals surface area (Å²) >= 11 is 7.12. The molecule has 0 saturated heterocycles. The van der Waals surface area contributed by atoms with Gasteiger partial charge in [0.1, 0.15) is 6.04 Å². The molecule has 1 aliphatic rings. The Morgan fingerprint density at radius 1 is 1.24 bits per heavy atom. The SMILES string of the molecule is O=C1c2cccc[n+]2C(Cc2cnc(Cl)s2)N(O)C1c1cccc(C(F)(F)F)c1. The molecule has 3 aromatic rings. The van der Waals surface area contributed by atoms with Gasteiger partial charge in [0.15, 0.2) is 10.7 Å². The molecule has 0 radical (unpaired) electrons. The third-order valence-electron chi connectivity index (χ3n) is 4.72. The summed E-state index contributed by atoms with van der Waals surface area (Å²) in [6, 6.07) is 8.15. The van der Waals surface area contributed by atoms with Gasteiger partial charge in [-0.15, -0.1) is 16.4 Å². The molecule has 1 aliphatic heterocycles. The van der Waals surface area contributed by atoms with E-state index in [4.69, 9.17) is 11.6 Å². The number of thiazole rings is 1. The summed E-state index contributed by atoms with van der Waals surface area (Å²) in [5, 5.41) is 11.7. The molecule has 2 aromatic heterocycles. The number of benzene rings is 1. The van der Waals surface area contributed by atoms with Gasteiger partial charge < -0.3 is 5.21 Å². The van der Waals surface area contributed by atoms with Gasteiger partial charge in [-0.25, -0.2) is 4.98 Å². The zero-order valence-corrected chi connectivity index (χ0v) is 16.2. The van der Waals surface area contributed by atoms with E-state index in [0.29, 0.717) is 10.2 Å². The van der Waals surface area contributed by atoms with Crippen LogP contribution in [0.5, 0.6) is 0 Å². The van der Waals surface area contributed by atoms with Crippen LogP contribution in [0.25, 0.3) is 0 Å². The standard InChI is InChI=1S/C19H14ClF3N3O2S/c20-18-24-10-13(29-18)9-15-25-7-2-1-6-14(25)17(27)16(26(15)28)11-4-3-5-12(8-11)19(21,22)23/h1-8,10,15-16,28H,9H2/q+1. The first-order chi connectivity index (χ1) is 13.8. The number of carbonyl (C=O) groups excluding carboxylic acids is 1. The second kappa shape index (κ2) is 7.49. The van der Waals surface area contributed by atoms with Crippen LogP contribution in [0.2, 0.25) is 4.47 Å². The number of fused-ring (bicyclic) bond motifs is 1. The molecule has 2 unspecified atom stereocenters. The van der Waals surface area contributed by atoms with Crippen molar-refractivity contribution in [3.05, 3.63) is 81.0 Å². The number of pyridine rings is 1. The van der Waals surface area contributed by atoms with Crippen molar-refractivity contribution in [2.24, 2.45) is 0 Å². The summed E-state index contributed by atoms with van der Waals surface area (Å²) in [6.45, 7) is 0. The van der Waals surface area contributed by atoms with E-state index in [0.717, 1.165) is 22.1 Å². The number of rotatable bonds is 3. The van der Waals surface area contributed by atoms with Gasteiger partial charge in [-0.2, -0.15) is 17.7 Å². The summed E-state index contributed by atoms with van der Waals surface area (Å²) in [7, 11) is 0. The van der Waals surface area contributed by atoms with Gasteiger partial charge in [0.05, 0.1) is 12.0 Å². The molecule has 5 nitrogen and oxygen atoms in total. The highest BCUT2D eigenvalue weighted by molar-refractivity contribution is 7.15. The van der Waals surface area contributed by atoms with E-state index < -0.39 is 29.7 Å². The summed E-state index contributed by atoms with van der Waals surface area (Å²) in [5.74, 6) is -0.494. The lowest BCUT2D eigenvalue weighted by Gasteiger charge is -2.33. The van der Waals surface area contributed by atoms with E-state index in [1.54, 1.807) is 35.2 Å². The number of hydroxylamine groups is 2. The lowest BCUT2D eigenvalue weighted by Crippen LogP contribution is -2.59. The van der Waals surface area contributed by atoms with Crippen LogP contribution in [-0.4, -0.2) is 21.0 Å². The molecule has 0 spiro atoms. The predicted molar refractivity (Wildman–Crippen MR) is 98.6 cm³/mol. The van der Waals surface area contributed by atoms with Gasteiger partial charge in [0, 0.05) is 23.2 Å². The minimum atomic E-state index is -4.56. The molecule has 0 bridgehead atoms. The molecule has 3 heterocycles. The molecule has 0 aliphatic carbocycles. The van der Waals surface area contributed by atoms with Crippen molar-refractivity contribution >= 4 is 28.7 Å². The number of alkyl halides is 3. The highest BCUT2D eigenvalue weighted by atomic mass is 35.5. The van der Waals surface area contributed by atoms with Gasteiger partial charge in [0.2, 0.25) is 6.17 Å². The van der Waals surface area contributed by atoms with E-state index >= 15 is 0 Å². The molecule has 0 amide bonds. The lowest BCUT2D eigenvalue weighted by molar-refractivity contribution is -0.764. The van der Waals surface area contributed by atoms with E-state index in [1.807, 2.05) is 0 Å². The lowest BCUT2D eigenvalue weighted by atomic mass is 9.94. The van der Waals surface area contributed by atoms with Crippen molar-refractivity contribution < 1.29 is 27.7 Å². The Morgan fingerprint density at radius 2 is 2.03 bits per heavy atom. The number of aromatic nitrogens is 2. The molecule has 4 rings (SSSR count). The Morgan fingerprint density at radius 3 is 2.72 bits per heavy atom. The molecule has 0 saturated carbocycles. The fourth-order valence-electron chi connectivity index (χ4n) is 3.42. The van der Waals surface area contributed by atoms with Crippen molar-refractivity contribution in [1.82, 2.24) is 10.0 Å². The van der Waals surface area contributed by atoms with Crippen LogP contribution < -0.4 is 4.57 Å². The Hall–Kier alpha value is -2.33. The molecule has 2 atom stereocenters. The zero-order valence-electron chi connectivity index (χ0n) is 14.7. The van der Waals surface area contributed by atoms with Gasteiger partial charge in [0.25, 0.3) is 11.5 Å². The van der Waals surface area contributed by atoms with E-state index in [2.05, 4.69) is 4.98 Å². The van der Waals surface area contributed by atoms with Gasteiger partial charge in [-0.05, 0) is 23.8 Å². The normalized spacial score (nSPS) is 20.0. The molecule has 150 valence electrons. The smallest absolute Gasteiger partial charge is 0.307 e. The van der Waals surface area contributed by atoms with Crippen molar-refractivity contribution in [3.63, 3.8) is 0 Å². The number of nitrogens with zero attached hydrogens (tertiary/aromatic N) is 3. The monoisotopic (exact) mass is 440 g/mol. The van der Waals surface area contributed by atoms with Gasteiger partial charge in [-0.3, -0.25) is 4.79 Å². The maximum atomic E-state index is 13.2. The molecule has 0 fully saturated rings. The Kier molecular flexibility index (Phi) is 5.16. The quantitative estimate of drug-likeness (QED) is 0.610. The average Bonchev–Trinajstić information content (AvgIpc) is 3.10. The van der Waals surface area contributed by atoms with Crippen LogP contribution >= 0.6 is 22.9 Å². The fraction of sp³-hybridized carbons (Fsp3) is 0.211. The third kappa shape index (κ3) is 3.78. The second-order valence-electron chi connectivity index (χ2n) is 6.53.